The van der Waals surface area contributed by atoms with E-state index in [0.29, 0.717) is 12.1 Å². The standard InChI is InChI=1S/C8H6BF6/c10-8(11,12)5-6-1-3-7(4-2-6)9(13,14)15/h1-4H,5H2/q-1. The van der Waals surface area contributed by atoms with Crippen LogP contribution in [0.2, 0.25) is 0 Å². The first-order chi connectivity index (χ1) is 6.68. The molecule has 0 aliphatic carbocycles. The number of hydrogen-bond donors (Lipinski definition) is 0. The summed E-state index contributed by atoms with van der Waals surface area (Å²) in [6.45, 7) is -5.14. The summed E-state index contributed by atoms with van der Waals surface area (Å²) < 4.78 is 71.9. The van der Waals surface area contributed by atoms with Crippen LogP contribution in [0.1, 0.15) is 5.56 Å². The van der Waals surface area contributed by atoms with Gasteiger partial charge in [0.25, 0.3) is 0 Å². The molecule has 0 saturated heterocycles. The van der Waals surface area contributed by atoms with Gasteiger partial charge in [0.2, 0.25) is 0 Å². The Bertz CT molecular complexity index is 322. The van der Waals surface area contributed by atoms with Crippen molar-refractivity contribution in [2.75, 3.05) is 0 Å². The second-order valence-electron chi connectivity index (χ2n) is 3.11. The average molecular weight is 227 g/mol. The smallest absolute Gasteiger partial charge is 0.445 e. The molecule has 0 unspecified atom stereocenters. The maximum Gasteiger partial charge on any atom is 0.509 e. The Kier molecular flexibility index (Phi) is 3.01. The molecule has 0 spiro atoms. The highest BCUT2D eigenvalue weighted by Crippen LogP contribution is 2.21. The SMILES string of the molecule is F[B-](F)(F)c1ccc(CC(F)(F)F)cc1. The van der Waals surface area contributed by atoms with Gasteiger partial charge in [-0.05, 0) is 5.56 Å². The molecular formula is C8H6BF6-. The number of hydrogen-bond acceptors (Lipinski definition) is 0. The molecule has 0 N–H and O–H groups in total. The van der Waals surface area contributed by atoms with Crippen molar-refractivity contribution in [1.29, 1.82) is 0 Å². The summed E-state index contributed by atoms with van der Waals surface area (Å²) in [6.07, 6.45) is -5.61. The van der Waals surface area contributed by atoms with Crippen molar-refractivity contribution in [1.82, 2.24) is 0 Å². The monoisotopic (exact) mass is 227 g/mol. The fraction of sp³-hybridized carbons (Fsp3) is 0.250. The molecule has 0 amide bonds. The summed E-state index contributed by atoms with van der Waals surface area (Å²) >= 11 is 0. The summed E-state index contributed by atoms with van der Waals surface area (Å²) in [4.78, 5) is 0. The van der Waals surface area contributed by atoms with Gasteiger partial charge in [-0.1, -0.05) is 24.3 Å². The van der Waals surface area contributed by atoms with Crippen molar-refractivity contribution in [2.45, 2.75) is 12.6 Å². The van der Waals surface area contributed by atoms with Gasteiger partial charge in [-0.2, -0.15) is 13.2 Å². The quantitative estimate of drug-likeness (QED) is 0.538. The zero-order valence-corrected chi connectivity index (χ0v) is 7.36. The molecule has 1 aromatic rings. The van der Waals surface area contributed by atoms with E-state index in [4.69, 9.17) is 0 Å². The van der Waals surface area contributed by atoms with E-state index in [9.17, 15) is 26.1 Å². The van der Waals surface area contributed by atoms with Crippen molar-refractivity contribution in [2.24, 2.45) is 0 Å². The van der Waals surface area contributed by atoms with Gasteiger partial charge in [0.1, 0.15) is 0 Å². The molecule has 0 fully saturated rings. The molecule has 0 saturated carbocycles. The maximum atomic E-state index is 12.1. The minimum absolute atomic E-state index is 0.175. The predicted molar refractivity (Wildman–Crippen MR) is 44.9 cm³/mol. The number of benzene rings is 1. The van der Waals surface area contributed by atoms with Crippen molar-refractivity contribution < 1.29 is 26.1 Å². The molecule has 0 bridgehead atoms. The predicted octanol–water partition coefficient (Wildman–Crippen LogP) is 2.85. The van der Waals surface area contributed by atoms with Crippen LogP contribution in [-0.4, -0.2) is 13.2 Å². The fourth-order valence-electron chi connectivity index (χ4n) is 1.09. The first-order valence-corrected chi connectivity index (χ1v) is 4.04. The lowest BCUT2D eigenvalue weighted by atomic mass is 9.80. The second kappa shape index (κ2) is 3.79. The van der Waals surface area contributed by atoms with Gasteiger partial charge in [0, 0.05) is 0 Å². The van der Waals surface area contributed by atoms with E-state index in [2.05, 4.69) is 0 Å². The summed E-state index contributed by atoms with van der Waals surface area (Å²) in [7, 11) is 0. The Morgan fingerprint density at radius 3 is 1.73 bits per heavy atom. The van der Waals surface area contributed by atoms with Gasteiger partial charge in [0.15, 0.2) is 0 Å². The Hall–Kier alpha value is -1.14. The van der Waals surface area contributed by atoms with Crippen molar-refractivity contribution in [3.63, 3.8) is 0 Å². The Morgan fingerprint density at radius 1 is 0.933 bits per heavy atom. The van der Waals surface area contributed by atoms with Crippen LogP contribution in [0.25, 0.3) is 0 Å². The van der Waals surface area contributed by atoms with E-state index < -0.39 is 25.0 Å². The number of halogens is 6. The molecule has 15 heavy (non-hydrogen) atoms. The molecule has 1 rings (SSSR count). The Labute approximate surface area is 82.0 Å². The summed E-state index contributed by atoms with van der Waals surface area (Å²) in [6, 6.07) is 3.03. The molecule has 84 valence electrons. The highest BCUT2D eigenvalue weighted by Gasteiger charge is 2.28. The third-order valence-corrected chi connectivity index (χ3v) is 1.76. The van der Waals surface area contributed by atoms with Gasteiger partial charge in [0.05, 0.1) is 6.42 Å². The minimum Gasteiger partial charge on any atom is -0.445 e. The average Bonchev–Trinajstić information content (AvgIpc) is 2.00. The molecular weight excluding hydrogens is 221 g/mol. The Morgan fingerprint density at radius 2 is 1.40 bits per heavy atom. The van der Waals surface area contributed by atoms with Crippen molar-refractivity contribution in [3.05, 3.63) is 29.8 Å². The van der Waals surface area contributed by atoms with Gasteiger partial charge < -0.3 is 12.9 Å². The topological polar surface area (TPSA) is 0 Å². The molecule has 7 heteroatoms. The lowest BCUT2D eigenvalue weighted by Gasteiger charge is -2.15. The minimum atomic E-state index is -5.14. The molecule has 0 radical (unpaired) electrons. The van der Waals surface area contributed by atoms with Gasteiger partial charge in [-0.15, -0.1) is 5.46 Å². The Balaban J connectivity index is 2.82. The summed E-state index contributed by atoms with van der Waals surface area (Å²) in [5, 5.41) is 0. The summed E-state index contributed by atoms with van der Waals surface area (Å²) in [5.41, 5.74) is -1.06. The molecule has 0 aromatic heterocycles. The first-order valence-electron chi connectivity index (χ1n) is 4.04. The van der Waals surface area contributed by atoms with E-state index in [0.717, 1.165) is 12.1 Å². The molecule has 0 nitrogen and oxygen atoms in total. The lowest BCUT2D eigenvalue weighted by molar-refractivity contribution is -0.127. The largest absolute Gasteiger partial charge is 0.509 e. The van der Waals surface area contributed by atoms with Crippen LogP contribution in [0.15, 0.2) is 24.3 Å². The van der Waals surface area contributed by atoms with Gasteiger partial charge in [-0.25, -0.2) is 0 Å². The van der Waals surface area contributed by atoms with Crippen molar-refractivity contribution in [3.8, 4) is 0 Å². The third-order valence-electron chi connectivity index (χ3n) is 1.76. The van der Waals surface area contributed by atoms with Crippen LogP contribution in [0.4, 0.5) is 26.1 Å². The van der Waals surface area contributed by atoms with Gasteiger partial charge in [-0.3, -0.25) is 0 Å². The number of alkyl halides is 3. The van der Waals surface area contributed by atoms with E-state index in [1.54, 1.807) is 0 Å². The van der Waals surface area contributed by atoms with E-state index >= 15 is 0 Å². The van der Waals surface area contributed by atoms with Crippen LogP contribution < -0.4 is 5.46 Å². The fourth-order valence-corrected chi connectivity index (χ4v) is 1.09. The molecule has 1 aromatic carbocycles. The second-order valence-corrected chi connectivity index (χ2v) is 3.11. The van der Waals surface area contributed by atoms with E-state index in [1.165, 1.54) is 0 Å². The molecule has 0 aliphatic heterocycles. The van der Waals surface area contributed by atoms with Crippen molar-refractivity contribution >= 4 is 12.4 Å². The van der Waals surface area contributed by atoms with Crippen LogP contribution in [0.5, 0.6) is 0 Å². The number of rotatable bonds is 2. The van der Waals surface area contributed by atoms with Gasteiger partial charge >= 0.3 is 13.2 Å². The molecule has 0 atom stereocenters. The normalized spacial score (nSPS) is 12.9. The third kappa shape index (κ3) is 3.85. The molecule has 0 aliphatic rings. The maximum absolute atomic E-state index is 12.1. The lowest BCUT2D eigenvalue weighted by Crippen LogP contribution is -2.33. The van der Waals surface area contributed by atoms with Crippen LogP contribution >= 0.6 is 0 Å². The highest BCUT2D eigenvalue weighted by molar-refractivity contribution is 6.73. The first kappa shape index (κ1) is 11.9. The van der Waals surface area contributed by atoms with Crippen LogP contribution in [0, 0.1) is 0 Å². The molecule has 0 heterocycles. The highest BCUT2D eigenvalue weighted by atomic mass is 19.4. The van der Waals surface area contributed by atoms with E-state index in [-0.39, 0.29) is 5.56 Å². The van der Waals surface area contributed by atoms with E-state index in [1.807, 2.05) is 0 Å². The zero-order chi connectivity index (χ0) is 11.7. The van der Waals surface area contributed by atoms with Crippen LogP contribution in [0.3, 0.4) is 0 Å². The summed E-state index contributed by atoms with van der Waals surface area (Å²) in [5.74, 6) is 0. The zero-order valence-electron chi connectivity index (χ0n) is 7.36. The van der Waals surface area contributed by atoms with Crippen LogP contribution in [-0.2, 0) is 6.42 Å².